The molecule has 0 aromatic rings. The van der Waals surface area contributed by atoms with Crippen molar-refractivity contribution in [3.8, 4) is 0 Å². The summed E-state index contributed by atoms with van der Waals surface area (Å²) in [5.74, 6) is -1.14. The highest BCUT2D eigenvalue weighted by molar-refractivity contribution is 5.79. The van der Waals surface area contributed by atoms with Crippen molar-refractivity contribution in [3.05, 3.63) is 12.3 Å². The van der Waals surface area contributed by atoms with E-state index in [9.17, 15) is 15.0 Å². The van der Waals surface area contributed by atoms with Gasteiger partial charge in [-0.05, 0) is 0 Å². The van der Waals surface area contributed by atoms with E-state index in [2.05, 4.69) is 5.32 Å². The Labute approximate surface area is 85.6 Å². The molecule has 7 nitrogen and oxygen atoms in total. The van der Waals surface area contributed by atoms with Gasteiger partial charge in [0.1, 0.15) is 18.3 Å². The van der Waals surface area contributed by atoms with Crippen LogP contribution in [0.3, 0.4) is 0 Å². The van der Waals surface area contributed by atoms with E-state index in [1.165, 1.54) is 0 Å². The Morgan fingerprint density at radius 3 is 2.53 bits per heavy atom. The minimum absolute atomic E-state index is 0.418. The molecule has 0 unspecified atom stereocenters. The number of aliphatic carboxylic acids is 1. The fourth-order valence-electron chi connectivity index (χ4n) is 1.25. The molecule has 86 valence electrons. The fraction of sp³-hybridized carbons (Fsp3) is 0.625. The summed E-state index contributed by atoms with van der Waals surface area (Å²) in [6, 6.07) is 0. The Kier molecular flexibility index (Phi) is 4.04. The van der Waals surface area contributed by atoms with Crippen LogP contribution >= 0.6 is 0 Å². The van der Waals surface area contributed by atoms with Gasteiger partial charge in [0, 0.05) is 12.3 Å². The van der Waals surface area contributed by atoms with Gasteiger partial charge in [0.25, 0.3) is 0 Å². The van der Waals surface area contributed by atoms with Gasteiger partial charge in [-0.15, -0.1) is 0 Å². The molecule has 4 atom stereocenters. The second kappa shape index (κ2) is 5.08. The second-order valence-electron chi connectivity index (χ2n) is 3.10. The molecule has 1 rings (SSSR count). The van der Waals surface area contributed by atoms with Crippen LogP contribution in [-0.2, 0) is 9.53 Å². The van der Waals surface area contributed by atoms with E-state index in [0.29, 0.717) is 0 Å². The highest BCUT2D eigenvalue weighted by Gasteiger charge is 2.41. The summed E-state index contributed by atoms with van der Waals surface area (Å²) in [6.07, 6.45) is -2.27. The average molecular weight is 219 g/mol. The predicted molar refractivity (Wildman–Crippen MR) is 47.7 cm³/mol. The van der Waals surface area contributed by atoms with Crippen LogP contribution in [0.4, 0.5) is 0 Å². The smallest absolute Gasteiger partial charge is 0.329 e. The zero-order chi connectivity index (χ0) is 11.4. The van der Waals surface area contributed by atoms with Crippen molar-refractivity contribution in [1.29, 1.82) is 0 Å². The van der Waals surface area contributed by atoms with Gasteiger partial charge < -0.3 is 30.5 Å². The molecule has 1 aliphatic heterocycles. The number of hydrogen-bond acceptors (Lipinski definition) is 6. The number of carboxylic acid groups (broad SMARTS) is 1. The molecule has 5 N–H and O–H groups in total. The normalized spacial score (nSPS) is 35.9. The van der Waals surface area contributed by atoms with Crippen molar-refractivity contribution in [2.75, 3.05) is 6.61 Å². The van der Waals surface area contributed by atoms with Crippen LogP contribution in [0.2, 0.25) is 0 Å². The van der Waals surface area contributed by atoms with E-state index in [1.807, 2.05) is 0 Å². The fourth-order valence-corrected chi connectivity index (χ4v) is 1.25. The molecule has 0 aromatic heterocycles. The van der Waals surface area contributed by atoms with E-state index in [-0.39, 0.29) is 0 Å². The maximum atomic E-state index is 10.1. The van der Waals surface area contributed by atoms with Crippen LogP contribution in [0.25, 0.3) is 0 Å². The lowest BCUT2D eigenvalue weighted by atomic mass is 10.1. The number of aliphatic hydroxyl groups is 3. The number of nitrogens with one attached hydrogen (secondary N) is 1. The van der Waals surface area contributed by atoms with E-state index in [1.54, 1.807) is 0 Å². The van der Waals surface area contributed by atoms with Crippen LogP contribution in [-0.4, -0.2) is 57.5 Å². The summed E-state index contributed by atoms with van der Waals surface area (Å²) in [7, 11) is 0. The van der Waals surface area contributed by atoms with E-state index in [4.69, 9.17) is 14.9 Å². The molecular weight excluding hydrogens is 206 g/mol. The lowest BCUT2D eigenvalue weighted by molar-refractivity contribution is -0.131. The highest BCUT2D eigenvalue weighted by atomic mass is 16.6. The standard InChI is InChI=1S/C8H13NO6/c10-3-4-6(13)7(14)8(15-4)9-2-1-5(11)12/h1-2,4,6-10,13-14H,3H2,(H,11,12)/b2-1+/t4-,6-,7-,8-/m1/s1. The number of carbonyl (C=O) groups is 1. The minimum Gasteiger partial charge on any atom is -0.478 e. The molecule has 0 aliphatic carbocycles. The topological polar surface area (TPSA) is 119 Å². The Morgan fingerprint density at radius 1 is 1.40 bits per heavy atom. The highest BCUT2D eigenvalue weighted by Crippen LogP contribution is 2.18. The number of carboxylic acids is 1. The molecule has 0 saturated carbocycles. The summed E-state index contributed by atoms with van der Waals surface area (Å²) >= 11 is 0. The average Bonchev–Trinajstić information content (AvgIpc) is 2.45. The minimum atomic E-state index is -1.21. The van der Waals surface area contributed by atoms with Crippen molar-refractivity contribution in [2.24, 2.45) is 0 Å². The number of ether oxygens (including phenoxy) is 1. The summed E-state index contributed by atoms with van der Waals surface area (Å²) in [5.41, 5.74) is 0. The zero-order valence-electron chi connectivity index (χ0n) is 7.78. The van der Waals surface area contributed by atoms with Gasteiger partial charge in [-0.3, -0.25) is 0 Å². The molecule has 15 heavy (non-hydrogen) atoms. The summed E-state index contributed by atoms with van der Waals surface area (Å²) < 4.78 is 5.01. The third-order valence-electron chi connectivity index (χ3n) is 2.03. The SMILES string of the molecule is O=C(O)/C=C/N[C@@H]1O[C@H](CO)[C@@H](O)[C@H]1O. The molecule has 7 heteroatoms. The lowest BCUT2D eigenvalue weighted by Crippen LogP contribution is -2.38. The monoisotopic (exact) mass is 219 g/mol. The summed E-state index contributed by atoms with van der Waals surface area (Å²) in [6.45, 7) is -0.418. The van der Waals surface area contributed by atoms with Crippen LogP contribution < -0.4 is 5.32 Å². The molecule has 0 radical (unpaired) electrons. The van der Waals surface area contributed by atoms with Gasteiger partial charge in [-0.25, -0.2) is 4.79 Å². The molecule has 1 heterocycles. The van der Waals surface area contributed by atoms with Crippen molar-refractivity contribution < 1.29 is 30.0 Å². The summed E-state index contributed by atoms with van der Waals surface area (Å²) in [5, 5.41) is 38.2. The van der Waals surface area contributed by atoms with Crippen LogP contribution in [0.1, 0.15) is 0 Å². The van der Waals surface area contributed by atoms with Crippen molar-refractivity contribution >= 4 is 5.97 Å². The first-order valence-corrected chi connectivity index (χ1v) is 4.34. The molecule has 0 amide bonds. The maximum Gasteiger partial charge on any atom is 0.329 e. The molecule has 0 spiro atoms. The zero-order valence-corrected chi connectivity index (χ0v) is 7.78. The predicted octanol–water partition coefficient (Wildman–Crippen LogP) is -2.39. The molecule has 1 fully saturated rings. The second-order valence-corrected chi connectivity index (χ2v) is 3.10. The van der Waals surface area contributed by atoms with Crippen LogP contribution in [0, 0.1) is 0 Å². The Bertz CT molecular complexity index is 256. The Balaban J connectivity index is 2.47. The number of rotatable bonds is 4. The van der Waals surface area contributed by atoms with Crippen molar-refractivity contribution in [2.45, 2.75) is 24.5 Å². The Morgan fingerprint density at radius 2 is 2.07 bits per heavy atom. The quantitative estimate of drug-likeness (QED) is 0.335. The molecule has 0 aromatic carbocycles. The van der Waals surface area contributed by atoms with Gasteiger partial charge in [-0.1, -0.05) is 0 Å². The third-order valence-corrected chi connectivity index (χ3v) is 2.03. The van der Waals surface area contributed by atoms with Gasteiger partial charge in [-0.2, -0.15) is 0 Å². The number of hydrogen-bond donors (Lipinski definition) is 5. The molecule has 1 aliphatic rings. The third kappa shape index (κ3) is 2.90. The molecule has 1 saturated heterocycles. The maximum absolute atomic E-state index is 10.1. The van der Waals surface area contributed by atoms with Crippen LogP contribution in [0.15, 0.2) is 12.3 Å². The summed E-state index contributed by atoms with van der Waals surface area (Å²) in [4.78, 5) is 10.1. The van der Waals surface area contributed by atoms with Crippen molar-refractivity contribution in [3.63, 3.8) is 0 Å². The first kappa shape index (κ1) is 11.9. The van der Waals surface area contributed by atoms with Crippen LogP contribution in [0.5, 0.6) is 0 Å². The van der Waals surface area contributed by atoms with Crippen molar-refractivity contribution in [1.82, 2.24) is 5.32 Å². The number of aliphatic hydroxyl groups excluding tert-OH is 3. The van der Waals surface area contributed by atoms with E-state index >= 15 is 0 Å². The van der Waals surface area contributed by atoms with Gasteiger partial charge in [0.2, 0.25) is 0 Å². The van der Waals surface area contributed by atoms with Gasteiger partial charge >= 0.3 is 5.97 Å². The largest absolute Gasteiger partial charge is 0.478 e. The Hall–Kier alpha value is -1.15. The lowest BCUT2D eigenvalue weighted by Gasteiger charge is -2.13. The first-order chi connectivity index (χ1) is 7.06. The van der Waals surface area contributed by atoms with Gasteiger partial charge in [0.15, 0.2) is 6.23 Å². The van der Waals surface area contributed by atoms with E-state index in [0.717, 1.165) is 12.3 Å². The van der Waals surface area contributed by atoms with Gasteiger partial charge in [0.05, 0.1) is 6.61 Å². The molecular formula is C8H13NO6. The first-order valence-electron chi connectivity index (χ1n) is 4.34. The van der Waals surface area contributed by atoms with E-state index < -0.39 is 37.1 Å². The molecule has 0 bridgehead atoms.